The van der Waals surface area contributed by atoms with Crippen LogP contribution in [0.25, 0.3) is 0 Å². The minimum absolute atomic E-state index is 0.219. The van der Waals surface area contributed by atoms with Crippen molar-refractivity contribution >= 4 is 17.7 Å². The van der Waals surface area contributed by atoms with E-state index in [1.807, 2.05) is 31.2 Å². The van der Waals surface area contributed by atoms with Crippen molar-refractivity contribution in [3.8, 4) is 0 Å². The summed E-state index contributed by atoms with van der Waals surface area (Å²) < 4.78 is 0. The molecular formula is C12H11NO2S. The van der Waals surface area contributed by atoms with Crippen LogP contribution >= 0.6 is 11.8 Å². The van der Waals surface area contributed by atoms with E-state index < -0.39 is 5.97 Å². The Labute approximate surface area is 97.5 Å². The molecule has 0 saturated carbocycles. The molecule has 0 saturated heterocycles. The molecule has 82 valence electrons. The quantitative estimate of drug-likeness (QED) is 0.856. The summed E-state index contributed by atoms with van der Waals surface area (Å²) in [7, 11) is 0. The Morgan fingerprint density at radius 1 is 1.25 bits per heavy atom. The maximum absolute atomic E-state index is 10.7. The number of aromatic nitrogens is 1. The van der Waals surface area contributed by atoms with Gasteiger partial charge < -0.3 is 10.1 Å². The SMILES string of the molecule is Cc1ccccc1Sc1ccc(C(=O)O)[nH]1. The Hall–Kier alpha value is -1.68. The van der Waals surface area contributed by atoms with E-state index >= 15 is 0 Å². The van der Waals surface area contributed by atoms with Crippen molar-refractivity contribution in [1.82, 2.24) is 4.98 Å². The van der Waals surface area contributed by atoms with Crippen molar-refractivity contribution in [3.05, 3.63) is 47.7 Å². The second-order valence-electron chi connectivity index (χ2n) is 3.41. The van der Waals surface area contributed by atoms with E-state index in [9.17, 15) is 4.79 Å². The van der Waals surface area contributed by atoms with Crippen molar-refractivity contribution in [2.45, 2.75) is 16.8 Å². The number of nitrogens with one attached hydrogen (secondary N) is 1. The van der Waals surface area contributed by atoms with Crippen LogP contribution in [0.5, 0.6) is 0 Å². The molecule has 2 rings (SSSR count). The minimum Gasteiger partial charge on any atom is -0.477 e. The normalized spacial score (nSPS) is 10.3. The molecule has 1 heterocycles. The fourth-order valence-electron chi connectivity index (χ4n) is 1.35. The van der Waals surface area contributed by atoms with E-state index in [-0.39, 0.29) is 5.69 Å². The molecule has 1 aromatic carbocycles. The van der Waals surface area contributed by atoms with E-state index in [4.69, 9.17) is 5.11 Å². The molecule has 0 unspecified atom stereocenters. The van der Waals surface area contributed by atoms with Gasteiger partial charge in [-0.2, -0.15) is 0 Å². The van der Waals surface area contributed by atoms with E-state index in [2.05, 4.69) is 4.98 Å². The lowest BCUT2D eigenvalue weighted by Gasteiger charge is -2.02. The third-order valence-electron chi connectivity index (χ3n) is 2.20. The van der Waals surface area contributed by atoms with Gasteiger partial charge in [0.2, 0.25) is 0 Å². The molecule has 0 bridgehead atoms. The number of benzene rings is 1. The topological polar surface area (TPSA) is 53.1 Å². The molecule has 0 aliphatic carbocycles. The zero-order valence-corrected chi connectivity index (χ0v) is 9.54. The van der Waals surface area contributed by atoms with Gasteiger partial charge in [-0.15, -0.1) is 0 Å². The number of hydrogen-bond donors (Lipinski definition) is 2. The summed E-state index contributed by atoms with van der Waals surface area (Å²) in [6, 6.07) is 11.3. The minimum atomic E-state index is -0.934. The number of rotatable bonds is 3. The fraction of sp³-hybridized carbons (Fsp3) is 0.0833. The van der Waals surface area contributed by atoms with Gasteiger partial charge in [-0.1, -0.05) is 30.0 Å². The molecular weight excluding hydrogens is 222 g/mol. The molecule has 1 aromatic heterocycles. The smallest absolute Gasteiger partial charge is 0.352 e. The highest BCUT2D eigenvalue weighted by molar-refractivity contribution is 7.99. The van der Waals surface area contributed by atoms with Crippen LogP contribution in [0.3, 0.4) is 0 Å². The van der Waals surface area contributed by atoms with Crippen LogP contribution in [0, 0.1) is 6.92 Å². The van der Waals surface area contributed by atoms with Crippen molar-refractivity contribution in [1.29, 1.82) is 0 Å². The summed E-state index contributed by atoms with van der Waals surface area (Å²) in [5.41, 5.74) is 1.40. The van der Waals surface area contributed by atoms with Crippen molar-refractivity contribution in [3.63, 3.8) is 0 Å². The Bertz CT molecular complexity index is 519. The average Bonchev–Trinajstić information content (AvgIpc) is 2.70. The zero-order valence-electron chi connectivity index (χ0n) is 8.73. The van der Waals surface area contributed by atoms with Crippen LogP contribution in [0.15, 0.2) is 46.3 Å². The molecule has 0 fully saturated rings. The predicted molar refractivity (Wildman–Crippen MR) is 63.1 cm³/mol. The van der Waals surface area contributed by atoms with Gasteiger partial charge >= 0.3 is 5.97 Å². The molecule has 2 aromatic rings. The zero-order chi connectivity index (χ0) is 11.5. The first-order chi connectivity index (χ1) is 7.66. The Balaban J connectivity index is 2.21. The highest BCUT2D eigenvalue weighted by Gasteiger charge is 2.07. The van der Waals surface area contributed by atoms with Crippen LogP contribution in [0.4, 0.5) is 0 Å². The molecule has 0 radical (unpaired) electrons. The van der Waals surface area contributed by atoms with Gasteiger partial charge in [0.25, 0.3) is 0 Å². The number of carboxylic acids is 1. The van der Waals surface area contributed by atoms with Crippen LogP contribution in [0.1, 0.15) is 16.1 Å². The number of H-pyrrole nitrogens is 1. The predicted octanol–water partition coefficient (Wildman–Crippen LogP) is 3.17. The summed E-state index contributed by atoms with van der Waals surface area (Å²) in [5, 5.41) is 9.62. The molecule has 0 aliphatic rings. The number of carboxylic acid groups (broad SMARTS) is 1. The Morgan fingerprint density at radius 2 is 2.00 bits per heavy atom. The van der Waals surface area contributed by atoms with Crippen LogP contribution in [0.2, 0.25) is 0 Å². The van der Waals surface area contributed by atoms with Gasteiger partial charge in [0.05, 0.1) is 5.03 Å². The molecule has 0 spiro atoms. The molecule has 16 heavy (non-hydrogen) atoms. The number of aromatic amines is 1. The van der Waals surface area contributed by atoms with Gasteiger partial charge in [-0.3, -0.25) is 0 Å². The second-order valence-corrected chi connectivity index (χ2v) is 4.49. The van der Waals surface area contributed by atoms with Gasteiger partial charge in [0.15, 0.2) is 0 Å². The van der Waals surface area contributed by atoms with Crippen LogP contribution < -0.4 is 0 Å². The highest BCUT2D eigenvalue weighted by Crippen LogP contribution is 2.29. The highest BCUT2D eigenvalue weighted by atomic mass is 32.2. The molecule has 0 aliphatic heterocycles. The summed E-state index contributed by atoms with van der Waals surface area (Å²) in [4.78, 5) is 14.7. The molecule has 3 nitrogen and oxygen atoms in total. The first kappa shape index (κ1) is 10.8. The van der Waals surface area contributed by atoms with E-state index in [1.165, 1.54) is 17.3 Å². The largest absolute Gasteiger partial charge is 0.477 e. The summed E-state index contributed by atoms with van der Waals surface area (Å²) >= 11 is 1.53. The van der Waals surface area contributed by atoms with E-state index in [0.29, 0.717) is 0 Å². The molecule has 2 N–H and O–H groups in total. The number of aryl methyl sites for hydroxylation is 1. The first-order valence-electron chi connectivity index (χ1n) is 4.82. The third-order valence-corrected chi connectivity index (χ3v) is 3.34. The van der Waals surface area contributed by atoms with Gasteiger partial charge in [-0.05, 0) is 30.7 Å². The van der Waals surface area contributed by atoms with Gasteiger partial charge in [0, 0.05) is 4.90 Å². The Kier molecular flexibility index (Phi) is 3.01. The fourth-order valence-corrected chi connectivity index (χ4v) is 2.26. The lowest BCUT2D eigenvalue weighted by Crippen LogP contribution is -1.95. The second kappa shape index (κ2) is 4.45. The summed E-state index contributed by atoms with van der Waals surface area (Å²) in [6.07, 6.45) is 0. The Morgan fingerprint density at radius 3 is 2.62 bits per heavy atom. The van der Waals surface area contributed by atoms with E-state index in [0.717, 1.165) is 9.92 Å². The third kappa shape index (κ3) is 2.28. The maximum Gasteiger partial charge on any atom is 0.352 e. The number of aromatic carboxylic acids is 1. The van der Waals surface area contributed by atoms with Crippen molar-refractivity contribution < 1.29 is 9.90 Å². The van der Waals surface area contributed by atoms with E-state index in [1.54, 1.807) is 12.1 Å². The van der Waals surface area contributed by atoms with Crippen LogP contribution in [-0.4, -0.2) is 16.1 Å². The van der Waals surface area contributed by atoms with Crippen LogP contribution in [-0.2, 0) is 0 Å². The standard InChI is InChI=1S/C12H11NO2S/c1-8-4-2-3-5-10(8)16-11-7-6-9(13-11)12(14)15/h2-7,13H,1H3,(H,14,15). The maximum atomic E-state index is 10.7. The first-order valence-corrected chi connectivity index (χ1v) is 5.64. The number of hydrogen-bond acceptors (Lipinski definition) is 2. The lowest BCUT2D eigenvalue weighted by molar-refractivity contribution is 0.0691. The molecule has 4 heteroatoms. The van der Waals surface area contributed by atoms with Gasteiger partial charge in [-0.25, -0.2) is 4.79 Å². The number of carbonyl (C=O) groups is 1. The summed E-state index contributed by atoms with van der Waals surface area (Å²) in [5.74, 6) is -0.934. The van der Waals surface area contributed by atoms with Crippen molar-refractivity contribution in [2.24, 2.45) is 0 Å². The summed E-state index contributed by atoms with van der Waals surface area (Å²) in [6.45, 7) is 2.03. The van der Waals surface area contributed by atoms with Gasteiger partial charge in [0.1, 0.15) is 5.69 Å². The van der Waals surface area contributed by atoms with Crippen molar-refractivity contribution in [2.75, 3.05) is 0 Å². The molecule has 0 atom stereocenters. The molecule has 0 amide bonds. The average molecular weight is 233 g/mol. The lowest BCUT2D eigenvalue weighted by atomic mass is 10.2. The monoisotopic (exact) mass is 233 g/mol.